The van der Waals surface area contributed by atoms with E-state index in [1.807, 2.05) is 32.0 Å². The summed E-state index contributed by atoms with van der Waals surface area (Å²) in [7, 11) is 0. The Morgan fingerprint density at radius 1 is 1.15 bits per heavy atom. The molecule has 104 valence electrons. The van der Waals surface area contributed by atoms with Gasteiger partial charge in [-0.3, -0.25) is 4.79 Å². The van der Waals surface area contributed by atoms with Gasteiger partial charge in [0.15, 0.2) is 6.61 Å². The van der Waals surface area contributed by atoms with E-state index < -0.39 is 11.7 Å². The van der Waals surface area contributed by atoms with Gasteiger partial charge in [-0.15, -0.1) is 0 Å². The zero-order chi connectivity index (χ0) is 14.5. The Balaban J connectivity index is 1.94. The molecule has 0 saturated carbocycles. The number of ether oxygens (including phenoxy) is 1. The molecule has 0 aliphatic carbocycles. The van der Waals surface area contributed by atoms with Gasteiger partial charge in [-0.05, 0) is 49.2 Å². The van der Waals surface area contributed by atoms with Gasteiger partial charge in [-0.1, -0.05) is 18.2 Å². The average molecular weight is 273 g/mol. The highest BCUT2D eigenvalue weighted by molar-refractivity contribution is 5.92. The van der Waals surface area contributed by atoms with E-state index in [1.54, 1.807) is 18.2 Å². The number of aryl methyl sites for hydroxylation is 2. The fourth-order valence-electron chi connectivity index (χ4n) is 1.78. The molecule has 0 aromatic heterocycles. The molecule has 2 aromatic carbocycles. The average Bonchev–Trinajstić information content (AvgIpc) is 2.41. The SMILES string of the molecule is Cc1cccc(OCC(=O)Nc2cc(C)ccc2F)c1. The number of amides is 1. The highest BCUT2D eigenvalue weighted by Crippen LogP contribution is 2.16. The van der Waals surface area contributed by atoms with E-state index in [9.17, 15) is 9.18 Å². The molecule has 0 bridgehead atoms. The lowest BCUT2D eigenvalue weighted by molar-refractivity contribution is -0.118. The minimum Gasteiger partial charge on any atom is -0.484 e. The van der Waals surface area contributed by atoms with Crippen molar-refractivity contribution in [1.29, 1.82) is 0 Å². The van der Waals surface area contributed by atoms with Crippen molar-refractivity contribution in [3.8, 4) is 5.75 Å². The summed E-state index contributed by atoms with van der Waals surface area (Å²) in [6.07, 6.45) is 0. The maximum atomic E-state index is 13.5. The Morgan fingerprint density at radius 3 is 2.65 bits per heavy atom. The molecule has 2 rings (SSSR count). The van der Waals surface area contributed by atoms with Crippen LogP contribution in [0, 0.1) is 19.7 Å². The van der Waals surface area contributed by atoms with Crippen molar-refractivity contribution in [3.63, 3.8) is 0 Å². The molecule has 1 amide bonds. The summed E-state index contributed by atoms with van der Waals surface area (Å²) >= 11 is 0. The standard InChI is InChI=1S/C16H16FNO2/c1-11-4-3-5-13(8-11)20-10-16(19)18-15-9-12(2)6-7-14(15)17/h3-9H,10H2,1-2H3,(H,18,19). The predicted molar refractivity (Wildman–Crippen MR) is 76.4 cm³/mol. The number of hydrogen-bond donors (Lipinski definition) is 1. The summed E-state index contributed by atoms with van der Waals surface area (Å²) in [5.41, 5.74) is 2.09. The first-order valence-electron chi connectivity index (χ1n) is 6.30. The largest absolute Gasteiger partial charge is 0.484 e. The molecule has 0 radical (unpaired) electrons. The van der Waals surface area contributed by atoms with E-state index in [-0.39, 0.29) is 12.3 Å². The highest BCUT2D eigenvalue weighted by Gasteiger charge is 2.08. The summed E-state index contributed by atoms with van der Waals surface area (Å²) < 4.78 is 18.8. The van der Waals surface area contributed by atoms with Crippen LogP contribution in [0.5, 0.6) is 5.75 Å². The van der Waals surface area contributed by atoms with E-state index in [1.165, 1.54) is 6.07 Å². The van der Waals surface area contributed by atoms with E-state index in [0.717, 1.165) is 11.1 Å². The number of carbonyl (C=O) groups is 1. The van der Waals surface area contributed by atoms with Crippen molar-refractivity contribution in [3.05, 3.63) is 59.4 Å². The van der Waals surface area contributed by atoms with Crippen LogP contribution in [0.3, 0.4) is 0 Å². The monoisotopic (exact) mass is 273 g/mol. The molecule has 2 aromatic rings. The molecule has 0 spiro atoms. The Bertz CT molecular complexity index is 626. The number of benzene rings is 2. The van der Waals surface area contributed by atoms with E-state index in [0.29, 0.717) is 5.75 Å². The van der Waals surface area contributed by atoms with Crippen LogP contribution in [0.15, 0.2) is 42.5 Å². The van der Waals surface area contributed by atoms with Crippen LogP contribution >= 0.6 is 0 Å². The molecule has 4 heteroatoms. The van der Waals surface area contributed by atoms with Gasteiger partial charge in [0.2, 0.25) is 0 Å². The third-order valence-corrected chi connectivity index (χ3v) is 2.76. The zero-order valence-corrected chi connectivity index (χ0v) is 11.4. The Labute approximate surface area is 117 Å². The van der Waals surface area contributed by atoms with Crippen molar-refractivity contribution >= 4 is 11.6 Å². The first kappa shape index (κ1) is 14.1. The fourth-order valence-corrected chi connectivity index (χ4v) is 1.78. The molecule has 20 heavy (non-hydrogen) atoms. The maximum Gasteiger partial charge on any atom is 0.262 e. The Hall–Kier alpha value is -2.36. The second-order valence-electron chi connectivity index (χ2n) is 4.64. The van der Waals surface area contributed by atoms with Gasteiger partial charge in [0, 0.05) is 0 Å². The topological polar surface area (TPSA) is 38.3 Å². The number of carbonyl (C=O) groups excluding carboxylic acids is 1. The summed E-state index contributed by atoms with van der Waals surface area (Å²) in [6, 6.07) is 12.0. The first-order valence-corrected chi connectivity index (χ1v) is 6.30. The van der Waals surface area contributed by atoms with Crippen LogP contribution in [0.4, 0.5) is 10.1 Å². The van der Waals surface area contributed by atoms with Crippen LogP contribution in [0.2, 0.25) is 0 Å². The minimum absolute atomic E-state index is 0.156. The summed E-state index contributed by atoms with van der Waals surface area (Å²) in [5.74, 6) is -0.236. The van der Waals surface area contributed by atoms with Gasteiger partial charge in [0.1, 0.15) is 11.6 Å². The zero-order valence-electron chi connectivity index (χ0n) is 11.4. The third kappa shape index (κ3) is 3.82. The van der Waals surface area contributed by atoms with E-state index in [4.69, 9.17) is 4.74 Å². The molecule has 3 nitrogen and oxygen atoms in total. The normalized spacial score (nSPS) is 10.2. The van der Waals surface area contributed by atoms with Crippen molar-refractivity contribution in [2.24, 2.45) is 0 Å². The highest BCUT2D eigenvalue weighted by atomic mass is 19.1. The quantitative estimate of drug-likeness (QED) is 0.926. The third-order valence-electron chi connectivity index (χ3n) is 2.76. The second-order valence-corrected chi connectivity index (χ2v) is 4.64. The summed E-state index contributed by atoms with van der Waals surface area (Å²) in [6.45, 7) is 3.62. The Kier molecular flexibility index (Phi) is 4.35. The number of hydrogen-bond acceptors (Lipinski definition) is 2. The van der Waals surface area contributed by atoms with Crippen LogP contribution in [-0.4, -0.2) is 12.5 Å². The van der Waals surface area contributed by atoms with Crippen molar-refractivity contribution in [2.45, 2.75) is 13.8 Å². The number of rotatable bonds is 4. The van der Waals surface area contributed by atoms with Gasteiger partial charge in [-0.25, -0.2) is 4.39 Å². The predicted octanol–water partition coefficient (Wildman–Crippen LogP) is 3.46. The molecule has 0 heterocycles. The van der Waals surface area contributed by atoms with Gasteiger partial charge < -0.3 is 10.1 Å². The molecule has 0 aliphatic heterocycles. The number of anilines is 1. The van der Waals surface area contributed by atoms with Crippen LogP contribution in [0.1, 0.15) is 11.1 Å². The molecular weight excluding hydrogens is 257 g/mol. The Morgan fingerprint density at radius 2 is 1.90 bits per heavy atom. The van der Waals surface area contributed by atoms with Crippen molar-refractivity contribution in [2.75, 3.05) is 11.9 Å². The van der Waals surface area contributed by atoms with Crippen LogP contribution in [-0.2, 0) is 4.79 Å². The lowest BCUT2D eigenvalue weighted by Crippen LogP contribution is -2.20. The molecule has 1 N–H and O–H groups in total. The van der Waals surface area contributed by atoms with Crippen molar-refractivity contribution < 1.29 is 13.9 Å². The van der Waals surface area contributed by atoms with Gasteiger partial charge >= 0.3 is 0 Å². The molecule has 0 fully saturated rings. The van der Waals surface area contributed by atoms with Gasteiger partial charge in [0.25, 0.3) is 5.91 Å². The van der Waals surface area contributed by atoms with Crippen LogP contribution < -0.4 is 10.1 Å². The molecular formula is C16H16FNO2. The summed E-state index contributed by atoms with van der Waals surface area (Å²) in [5, 5.41) is 2.50. The molecule has 0 saturated heterocycles. The lowest BCUT2D eigenvalue weighted by atomic mass is 10.2. The van der Waals surface area contributed by atoms with Crippen LogP contribution in [0.25, 0.3) is 0 Å². The molecule has 0 atom stereocenters. The van der Waals surface area contributed by atoms with E-state index in [2.05, 4.69) is 5.32 Å². The van der Waals surface area contributed by atoms with Crippen molar-refractivity contribution in [1.82, 2.24) is 0 Å². The van der Waals surface area contributed by atoms with Gasteiger partial charge in [-0.2, -0.15) is 0 Å². The first-order chi connectivity index (χ1) is 9.54. The maximum absolute atomic E-state index is 13.5. The smallest absolute Gasteiger partial charge is 0.262 e. The van der Waals surface area contributed by atoms with E-state index >= 15 is 0 Å². The second kappa shape index (κ2) is 6.19. The minimum atomic E-state index is -0.459. The lowest BCUT2D eigenvalue weighted by Gasteiger charge is -2.09. The summed E-state index contributed by atoms with van der Waals surface area (Å²) in [4.78, 5) is 11.7. The molecule has 0 aliphatic rings. The molecule has 0 unspecified atom stereocenters. The van der Waals surface area contributed by atoms with Gasteiger partial charge in [0.05, 0.1) is 5.69 Å². The number of halogens is 1. The number of nitrogens with one attached hydrogen (secondary N) is 1. The fraction of sp³-hybridized carbons (Fsp3) is 0.188.